The van der Waals surface area contributed by atoms with E-state index >= 15 is 0 Å². The van der Waals surface area contributed by atoms with E-state index in [0.717, 1.165) is 56.4 Å². The molecule has 0 N–H and O–H groups in total. The largest absolute Gasteiger partial charge is 0.372 e. The van der Waals surface area contributed by atoms with E-state index in [2.05, 4.69) is 64.1 Å². The molecule has 1 heterocycles. The first-order chi connectivity index (χ1) is 13.2. The average Bonchev–Trinajstić information content (AvgIpc) is 2.71. The third kappa shape index (κ3) is 5.47. The van der Waals surface area contributed by atoms with E-state index in [1.807, 2.05) is 24.4 Å². The molecule has 144 valence electrons. The van der Waals surface area contributed by atoms with E-state index in [1.54, 1.807) is 0 Å². The van der Waals surface area contributed by atoms with Crippen molar-refractivity contribution in [2.75, 3.05) is 44.2 Å². The third-order valence-corrected chi connectivity index (χ3v) is 5.46. The average molecular weight is 385 g/mol. The highest BCUT2D eigenvalue weighted by Crippen LogP contribution is 2.18. The van der Waals surface area contributed by atoms with Gasteiger partial charge in [0.1, 0.15) is 0 Å². The molecule has 3 rings (SSSR count). The summed E-state index contributed by atoms with van der Waals surface area (Å²) in [7, 11) is 0. The minimum absolute atomic E-state index is 0.853. The van der Waals surface area contributed by atoms with Crippen molar-refractivity contribution < 1.29 is 0 Å². The van der Waals surface area contributed by atoms with Crippen LogP contribution in [0.2, 0.25) is 5.02 Å². The lowest BCUT2D eigenvalue weighted by molar-refractivity contribution is 0.131. The molecule has 5 heteroatoms. The molecule has 2 aromatic carbocycles. The molecule has 2 aromatic rings. The minimum Gasteiger partial charge on any atom is -0.372 e. The van der Waals surface area contributed by atoms with Crippen molar-refractivity contribution in [2.24, 2.45) is 5.10 Å². The van der Waals surface area contributed by atoms with Crippen LogP contribution in [0, 0.1) is 0 Å². The predicted molar refractivity (Wildman–Crippen MR) is 116 cm³/mol. The van der Waals surface area contributed by atoms with Gasteiger partial charge in [-0.05, 0) is 43.2 Å². The second kappa shape index (κ2) is 9.77. The molecule has 1 aliphatic heterocycles. The second-order valence-electron chi connectivity index (χ2n) is 6.83. The van der Waals surface area contributed by atoms with Gasteiger partial charge in [-0.25, -0.2) is 0 Å². The Morgan fingerprint density at radius 2 is 1.63 bits per heavy atom. The van der Waals surface area contributed by atoms with Crippen LogP contribution in [-0.4, -0.2) is 55.4 Å². The lowest BCUT2D eigenvalue weighted by Crippen LogP contribution is -2.43. The number of piperazine rings is 1. The molecule has 0 unspecified atom stereocenters. The van der Waals surface area contributed by atoms with Crippen LogP contribution in [0.1, 0.15) is 25.0 Å². The Balaban J connectivity index is 1.49. The molecular formula is C22H29ClN4. The summed E-state index contributed by atoms with van der Waals surface area (Å²) in [5.74, 6) is 0. The fourth-order valence-corrected chi connectivity index (χ4v) is 3.58. The molecule has 1 saturated heterocycles. The molecule has 1 aliphatic rings. The summed E-state index contributed by atoms with van der Waals surface area (Å²) in [6.45, 7) is 11.2. The second-order valence-corrected chi connectivity index (χ2v) is 7.24. The summed E-state index contributed by atoms with van der Waals surface area (Å²) in [4.78, 5) is 4.78. The topological polar surface area (TPSA) is 22.1 Å². The summed E-state index contributed by atoms with van der Waals surface area (Å²) in [6, 6.07) is 16.7. The zero-order valence-corrected chi connectivity index (χ0v) is 17.1. The van der Waals surface area contributed by atoms with Crippen LogP contribution >= 0.6 is 11.6 Å². The SMILES string of the molecule is CCN(CC)c1ccc(/C=N\N2CCN(Cc3ccccc3Cl)CC2)cc1. The molecular weight excluding hydrogens is 356 g/mol. The highest BCUT2D eigenvalue weighted by Gasteiger charge is 2.16. The molecule has 0 aromatic heterocycles. The molecule has 1 fully saturated rings. The number of nitrogens with zero attached hydrogens (tertiary/aromatic N) is 4. The Hall–Kier alpha value is -2.04. The van der Waals surface area contributed by atoms with Crippen LogP contribution < -0.4 is 4.90 Å². The maximum Gasteiger partial charge on any atom is 0.0542 e. The minimum atomic E-state index is 0.853. The molecule has 0 atom stereocenters. The molecule has 4 nitrogen and oxygen atoms in total. The van der Waals surface area contributed by atoms with Crippen molar-refractivity contribution in [2.45, 2.75) is 20.4 Å². The normalized spacial score (nSPS) is 15.4. The number of halogens is 1. The molecule has 0 spiro atoms. The van der Waals surface area contributed by atoms with Crippen LogP contribution in [0.3, 0.4) is 0 Å². The Bertz CT molecular complexity index is 732. The van der Waals surface area contributed by atoms with Crippen molar-refractivity contribution in [1.29, 1.82) is 0 Å². The van der Waals surface area contributed by atoms with Gasteiger partial charge in [0.2, 0.25) is 0 Å². The maximum absolute atomic E-state index is 6.28. The van der Waals surface area contributed by atoms with E-state index in [1.165, 1.54) is 11.3 Å². The van der Waals surface area contributed by atoms with Gasteiger partial charge in [0.15, 0.2) is 0 Å². The van der Waals surface area contributed by atoms with E-state index in [4.69, 9.17) is 11.6 Å². The zero-order valence-electron chi connectivity index (χ0n) is 16.3. The van der Waals surface area contributed by atoms with E-state index in [-0.39, 0.29) is 0 Å². The van der Waals surface area contributed by atoms with Gasteiger partial charge in [-0.15, -0.1) is 0 Å². The Kier molecular flexibility index (Phi) is 7.13. The van der Waals surface area contributed by atoms with Crippen molar-refractivity contribution in [3.8, 4) is 0 Å². The number of benzene rings is 2. The quantitative estimate of drug-likeness (QED) is 0.663. The van der Waals surface area contributed by atoms with Crippen LogP contribution in [0.25, 0.3) is 0 Å². The van der Waals surface area contributed by atoms with Crippen LogP contribution in [-0.2, 0) is 6.54 Å². The van der Waals surface area contributed by atoms with Crippen molar-refractivity contribution in [3.05, 3.63) is 64.7 Å². The number of hydrogen-bond donors (Lipinski definition) is 0. The lowest BCUT2D eigenvalue weighted by atomic mass is 10.2. The van der Waals surface area contributed by atoms with Crippen molar-refractivity contribution >= 4 is 23.5 Å². The fourth-order valence-electron chi connectivity index (χ4n) is 3.39. The summed E-state index contributed by atoms with van der Waals surface area (Å²) in [5.41, 5.74) is 3.61. The molecule has 0 aliphatic carbocycles. The van der Waals surface area contributed by atoms with Crippen molar-refractivity contribution in [3.63, 3.8) is 0 Å². The highest BCUT2D eigenvalue weighted by molar-refractivity contribution is 6.31. The number of hydrogen-bond acceptors (Lipinski definition) is 4. The van der Waals surface area contributed by atoms with Crippen molar-refractivity contribution in [1.82, 2.24) is 9.91 Å². The monoisotopic (exact) mass is 384 g/mol. The number of rotatable bonds is 7. The predicted octanol–water partition coefficient (Wildman–Crippen LogP) is 4.34. The standard InChI is InChI=1S/C22H29ClN4/c1-3-26(4-2)21-11-9-19(10-12-21)17-24-27-15-13-25(14-16-27)18-20-7-5-6-8-22(20)23/h5-12,17H,3-4,13-16,18H2,1-2H3/b24-17-. The third-order valence-electron chi connectivity index (χ3n) is 5.09. The van der Waals surface area contributed by atoms with Crippen LogP contribution in [0.4, 0.5) is 5.69 Å². The smallest absolute Gasteiger partial charge is 0.0542 e. The molecule has 0 amide bonds. The molecule has 0 radical (unpaired) electrons. The fraction of sp³-hybridized carbons (Fsp3) is 0.409. The van der Waals surface area contributed by atoms with Crippen LogP contribution in [0.15, 0.2) is 53.6 Å². The first kappa shape index (κ1) is 19.7. The van der Waals surface area contributed by atoms with Crippen LogP contribution in [0.5, 0.6) is 0 Å². The van der Waals surface area contributed by atoms with E-state index in [9.17, 15) is 0 Å². The summed E-state index contributed by atoms with van der Waals surface area (Å²) < 4.78 is 0. The number of anilines is 1. The van der Waals surface area contributed by atoms with E-state index < -0.39 is 0 Å². The summed E-state index contributed by atoms with van der Waals surface area (Å²) in [6.07, 6.45) is 1.97. The van der Waals surface area contributed by atoms with Gasteiger partial charge in [0.05, 0.1) is 6.21 Å². The van der Waals surface area contributed by atoms with Gasteiger partial charge in [-0.1, -0.05) is 41.9 Å². The number of hydrazone groups is 1. The van der Waals surface area contributed by atoms with Gasteiger partial charge in [0.25, 0.3) is 0 Å². The van der Waals surface area contributed by atoms with E-state index in [0.29, 0.717) is 0 Å². The van der Waals surface area contributed by atoms with Gasteiger partial charge in [0, 0.05) is 56.5 Å². The summed E-state index contributed by atoms with van der Waals surface area (Å²) >= 11 is 6.28. The molecule has 0 saturated carbocycles. The maximum atomic E-state index is 6.28. The first-order valence-corrected chi connectivity index (χ1v) is 10.2. The van der Waals surface area contributed by atoms with Gasteiger partial charge < -0.3 is 4.90 Å². The summed E-state index contributed by atoms with van der Waals surface area (Å²) in [5, 5.41) is 7.68. The highest BCUT2D eigenvalue weighted by atomic mass is 35.5. The first-order valence-electron chi connectivity index (χ1n) is 9.79. The Labute approximate surface area is 168 Å². The Morgan fingerprint density at radius 1 is 0.963 bits per heavy atom. The van der Waals surface area contributed by atoms with Gasteiger partial charge in [-0.2, -0.15) is 5.10 Å². The molecule has 0 bridgehead atoms. The van der Waals surface area contributed by atoms with Gasteiger partial charge in [-0.3, -0.25) is 9.91 Å². The zero-order chi connectivity index (χ0) is 19.1. The van der Waals surface area contributed by atoms with Gasteiger partial charge >= 0.3 is 0 Å². The molecule has 27 heavy (non-hydrogen) atoms. The lowest BCUT2D eigenvalue weighted by Gasteiger charge is -2.33. The Morgan fingerprint density at radius 3 is 2.26 bits per heavy atom.